The van der Waals surface area contributed by atoms with Crippen LogP contribution in [0.15, 0.2) is 22.7 Å². The number of aromatic nitrogens is 3. The fourth-order valence-electron chi connectivity index (χ4n) is 2.48. The van der Waals surface area contributed by atoms with Crippen molar-refractivity contribution in [2.75, 3.05) is 18.0 Å². The van der Waals surface area contributed by atoms with Crippen molar-refractivity contribution in [3.8, 4) is 11.4 Å². The van der Waals surface area contributed by atoms with Crippen LogP contribution in [0.5, 0.6) is 0 Å². The first-order chi connectivity index (χ1) is 10.1. The van der Waals surface area contributed by atoms with Crippen molar-refractivity contribution in [2.24, 2.45) is 11.7 Å². The number of hydrogen-bond donors (Lipinski definition) is 2. The fraction of sp³-hybridized carbons (Fsp3) is 0.429. The summed E-state index contributed by atoms with van der Waals surface area (Å²) in [5.41, 5.74) is 6.50. The maximum Gasteiger partial charge on any atom is 0.245 e. The summed E-state index contributed by atoms with van der Waals surface area (Å²) in [6.07, 6.45) is 1.01. The molecule has 112 valence electrons. The molecule has 0 saturated carbocycles. The lowest BCUT2D eigenvalue weighted by Crippen LogP contribution is -2.48. The summed E-state index contributed by atoms with van der Waals surface area (Å²) in [7, 11) is 0. The summed E-state index contributed by atoms with van der Waals surface area (Å²) in [4.78, 5) is 6.45. The molecule has 1 aromatic heterocycles. The Labute approximate surface area is 130 Å². The molecule has 2 atom stereocenters. The Morgan fingerprint density at radius 1 is 1.48 bits per heavy atom. The first-order valence-electron chi connectivity index (χ1n) is 6.93. The van der Waals surface area contributed by atoms with Crippen LogP contribution in [-0.4, -0.2) is 34.3 Å². The van der Waals surface area contributed by atoms with E-state index in [4.69, 9.17) is 5.73 Å². The number of H-pyrrole nitrogens is 1. The monoisotopic (exact) mass is 353 g/mol. The topological polar surface area (TPSA) is 70.8 Å². The normalized spacial score (nSPS) is 22.6. The molecule has 5 nitrogen and oxygen atoms in total. The van der Waals surface area contributed by atoms with Gasteiger partial charge in [0.2, 0.25) is 5.95 Å². The van der Waals surface area contributed by atoms with E-state index in [1.807, 2.05) is 4.90 Å². The lowest BCUT2D eigenvalue weighted by atomic mass is 9.95. The molecular formula is C14H17BrFN5. The van der Waals surface area contributed by atoms with Crippen LogP contribution in [0.3, 0.4) is 0 Å². The molecule has 2 aromatic rings. The number of anilines is 1. The predicted octanol–water partition coefficient (Wildman–Crippen LogP) is 2.55. The zero-order valence-corrected chi connectivity index (χ0v) is 13.3. The minimum absolute atomic E-state index is 0.114. The van der Waals surface area contributed by atoms with E-state index in [-0.39, 0.29) is 11.9 Å². The van der Waals surface area contributed by atoms with Crippen LogP contribution in [0, 0.1) is 11.7 Å². The summed E-state index contributed by atoms with van der Waals surface area (Å²) in [5.74, 6) is 1.16. The van der Waals surface area contributed by atoms with Gasteiger partial charge in [0.25, 0.3) is 0 Å². The lowest BCUT2D eigenvalue weighted by Gasteiger charge is -2.34. The number of halogens is 2. The van der Waals surface area contributed by atoms with Crippen LogP contribution >= 0.6 is 15.9 Å². The Morgan fingerprint density at radius 3 is 3.05 bits per heavy atom. The van der Waals surface area contributed by atoms with Gasteiger partial charge in [0.1, 0.15) is 5.82 Å². The molecule has 0 bridgehead atoms. The maximum absolute atomic E-state index is 14.1. The molecule has 0 aliphatic carbocycles. The summed E-state index contributed by atoms with van der Waals surface area (Å²) < 4.78 is 14.5. The van der Waals surface area contributed by atoms with Gasteiger partial charge in [0.05, 0.1) is 10.0 Å². The molecular weight excluding hydrogens is 337 g/mol. The molecule has 1 fully saturated rings. The molecule has 0 amide bonds. The van der Waals surface area contributed by atoms with Gasteiger partial charge in [-0.05, 0) is 40.4 Å². The van der Waals surface area contributed by atoms with Gasteiger partial charge in [-0.15, -0.1) is 5.10 Å². The SMILES string of the molecule is CC1CCN(c2n[nH]c(-c3cccc(Br)c3F)n2)CC1N. The van der Waals surface area contributed by atoms with Crippen LogP contribution in [0.2, 0.25) is 0 Å². The van der Waals surface area contributed by atoms with E-state index >= 15 is 0 Å². The first-order valence-corrected chi connectivity index (χ1v) is 7.73. The average molecular weight is 354 g/mol. The number of piperidine rings is 1. The fourth-order valence-corrected chi connectivity index (χ4v) is 2.85. The molecule has 3 rings (SSSR count). The number of hydrogen-bond acceptors (Lipinski definition) is 4. The maximum atomic E-state index is 14.1. The molecule has 2 heterocycles. The van der Waals surface area contributed by atoms with E-state index in [0.29, 0.717) is 27.7 Å². The highest BCUT2D eigenvalue weighted by Gasteiger charge is 2.25. The number of rotatable bonds is 2. The van der Waals surface area contributed by atoms with Crippen molar-refractivity contribution >= 4 is 21.9 Å². The number of nitrogens with one attached hydrogen (secondary N) is 1. The molecule has 2 unspecified atom stereocenters. The Morgan fingerprint density at radius 2 is 2.29 bits per heavy atom. The summed E-state index contributed by atoms with van der Waals surface area (Å²) in [6, 6.07) is 5.21. The number of nitrogens with two attached hydrogens (primary N) is 1. The van der Waals surface area contributed by atoms with Gasteiger partial charge in [0, 0.05) is 19.1 Å². The molecule has 3 N–H and O–H groups in total. The second-order valence-electron chi connectivity index (χ2n) is 5.46. The minimum atomic E-state index is -0.343. The van der Waals surface area contributed by atoms with E-state index < -0.39 is 0 Å². The highest BCUT2D eigenvalue weighted by molar-refractivity contribution is 9.10. The Balaban J connectivity index is 1.85. The number of nitrogens with zero attached hydrogens (tertiary/aromatic N) is 3. The molecule has 21 heavy (non-hydrogen) atoms. The van der Waals surface area contributed by atoms with E-state index in [0.717, 1.165) is 19.5 Å². The molecule has 0 radical (unpaired) electrons. The van der Waals surface area contributed by atoms with Gasteiger partial charge >= 0.3 is 0 Å². The Kier molecular flexibility index (Phi) is 3.95. The summed E-state index contributed by atoms with van der Waals surface area (Å²) >= 11 is 3.18. The average Bonchev–Trinajstić information content (AvgIpc) is 2.94. The number of benzene rings is 1. The van der Waals surface area contributed by atoms with E-state index in [9.17, 15) is 4.39 Å². The van der Waals surface area contributed by atoms with Crippen LogP contribution in [-0.2, 0) is 0 Å². The Hall–Kier alpha value is -1.47. The van der Waals surface area contributed by atoms with Crippen LogP contribution in [0.1, 0.15) is 13.3 Å². The smallest absolute Gasteiger partial charge is 0.245 e. The lowest BCUT2D eigenvalue weighted by molar-refractivity contribution is 0.376. The molecule has 1 aliphatic heterocycles. The van der Waals surface area contributed by atoms with Gasteiger partial charge in [-0.1, -0.05) is 13.0 Å². The minimum Gasteiger partial charge on any atom is -0.338 e. The predicted molar refractivity (Wildman–Crippen MR) is 83.4 cm³/mol. The van der Waals surface area contributed by atoms with Gasteiger partial charge in [-0.25, -0.2) is 4.39 Å². The van der Waals surface area contributed by atoms with Crippen molar-refractivity contribution < 1.29 is 4.39 Å². The van der Waals surface area contributed by atoms with Crippen molar-refractivity contribution in [1.82, 2.24) is 15.2 Å². The summed E-state index contributed by atoms with van der Waals surface area (Å²) in [5, 5.41) is 7.01. The standard InChI is InChI=1S/C14H17BrFN5/c1-8-5-6-21(7-11(8)17)14-18-13(19-20-14)9-3-2-4-10(15)12(9)16/h2-4,8,11H,5-7,17H2,1H3,(H,18,19,20). The second kappa shape index (κ2) is 5.73. The van der Waals surface area contributed by atoms with Crippen LogP contribution in [0.25, 0.3) is 11.4 Å². The Bertz CT molecular complexity index is 644. The molecule has 1 saturated heterocycles. The highest BCUT2D eigenvalue weighted by Crippen LogP contribution is 2.27. The van der Waals surface area contributed by atoms with E-state index in [1.165, 1.54) is 0 Å². The highest BCUT2D eigenvalue weighted by atomic mass is 79.9. The van der Waals surface area contributed by atoms with Crippen molar-refractivity contribution in [3.63, 3.8) is 0 Å². The van der Waals surface area contributed by atoms with Crippen molar-refractivity contribution in [2.45, 2.75) is 19.4 Å². The van der Waals surface area contributed by atoms with Gasteiger partial charge < -0.3 is 10.6 Å². The van der Waals surface area contributed by atoms with Crippen LogP contribution in [0.4, 0.5) is 10.3 Å². The third-order valence-corrected chi connectivity index (χ3v) is 4.59. The molecule has 1 aliphatic rings. The largest absolute Gasteiger partial charge is 0.338 e. The summed E-state index contributed by atoms with van der Waals surface area (Å²) in [6.45, 7) is 3.74. The second-order valence-corrected chi connectivity index (χ2v) is 6.32. The van der Waals surface area contributed by atoms with E-state index in [1.54, 1.807) is 18.2 Å². The van der Waals surface area contributed by atoms with Crippen LogP contribution < -0.4 is 10.6 Å². The molecule has 1 aromatic carbocycles. The third-order valence-electron chi connectivity index (χ3n) is 3.98. The quantitative estimate of drug-likeness (QED) is 0.870. The van der Waals surface area contributed by atoms with Gasteiger partial charge in [-0.2, -0.15) is 4.98 Å². The molecule has 7 heteroatoms. The van der Waals surface area contributed by atoms with Crippen molar-refractivity contribution in [1.29, 1.82) is 0 Å². The van der Waals surface area contributed by atoms with Gasteiger partial charge in [-0.3, -0.25) is 5.10 Å². The third kappa shape index (κ3) is 2.80. The zero-order chi connectivity index (χ0) is 15.0. The molecule has 0 spiro atoms. The van der Waals surface area contributed by atoms with Crippen molar-refractivity contribution in [3.05, 3.63) is 28.5 Å². The first kappa shape index (κ1) is 14.5. The van der Waals surface area contributed by atoms with Gasteiger partial charge in [0.15, 0.2) is 5.82 Å². The number of aromatic amines is 1. The van der Waals surface area contributed by atoms with E-state index in [2.05, 4.69) is 38.0 Å². The zero-order valence-electron chi connectivity index (χ0n) is 11.7.